The molecule has 0 amide bonds. The molecule has 1 aliphatic rings. The zero-order chi connectivity index (χ0) is 12.3. The van der Waals surface area contributed by atoms with Crippen LogP contribution in [-0.4, -0.2) is 31.1 Å². The van der Waals surface area contributed by atoms with Gasteiger partial charge in [0.15, 0.2) is 0 Å². The van der Waals surface area contributed by atoms with E-state index < -0.39 is 0 Å². The van der Waals surface area contributed by atoms with Crippen molar-refractivity contribution in [2.24, 2.45) is 0 Å². The number of nitrogens with zero attached hydrogens (tertiary/aromatic N) is 1. The summed E-state index contributed by atoms with van der Waals surface area (Å²) in [6, 6.07) is 4.23. The van der Waals surface area contributed by atoms with Crippen LogP contribution >= 0.6 is 22.6 Å². The summed E-state index contributed by atoms with van der Waals surface area (Å²) in [6.45, 7) is 7.61. The molecule has 0 aliphatic carbocycles. The number of hydrogen-bond donors (Lipinski definition) is 1. The molecule has 0 spiro atoms. The van der Waals surface area contributed by atoms with Gasteiger partial charge in [0.2, 0.25) is 0 Å². The van der Waals surface area contributed by atoms with Crippen molar-refractivity contribution < 1.29 is 0 Å². The zero-order valence-electron chi connectivity index (χ0n) is 10.1. The highest BCUT2D eigenvalue weighted by Gasteiger charge is 2.12. The molecular weight excluding hydrogens is 323 g/mol. The van der Waals surface area contributed by atoms with E-state index in [1.807, 2.05) is 0 Å². The van der Waals surface area contributed by atoms with E-state index in [0.29, 0.717) is 0 Å². The fourth-order valence-corrected chi connectivity index (χ4v) is 2.78. The maximum Gasteiger partial charge on any atom is 0.0256 e. The fraction of sp³-hybridized carbons (Fsp3) is 0.429. The summed E-state index contributed by atoms with van der Waals surface area (Å²) in [5.41, 5.74) is 3.72. The van der Waals surface area contributed by atoms with E-state index in [4.69, 9.17) is 6.42 Å². The van der Waals surface area contributed by atoms with E-state index in [1.54, 1.807) is 0 Å². The van der Waals surface area contributed by atoms with Crippen LogP contribution in [-0.2, 0) is 6.54 Å². The lowest BCUT2D eigenvalue weighted by atomic mass is 10.0. The van der Waals surface area contributed by atoms with Crippen LogP contribution in [0.3, 0.4) is 0 Å². The van der Waals surface area contributed by atoms with E-state index in [9.17, 15) is 0 Å². The third kappa shape index (κ3) is 3.21. The first-order valence-corrected chi connectivity index (χ1v) is 6.97. The maximum absolute atomic E-state index is 5.49. The molecule has 0 unspecified atom stereocenters. The van der Waals surface area contributed by atoms with Crippen LogP contribution < -0.4 is 5.32 Å². The highest BCUT2D eigenvalue weighted by atomic mass is 127. The average Bonchev–Trinajstić information content (AvgIpc) is 2.36. The zero-order valence-corrected chi connectivity index (χ0v) is 12.3. The molecule has 90 valence electrons. The molecule has 1 saturated heterocycles. The molecule has 0 radical (unpaired) electrons. The van der Waals surface area contributed by atoms with Gasteiger partial charge in [0.25, 0.3) is 0 Å². The Balaban J connectivity index is 2.19. The Morgan fingerprint density at radius 2 is 2.12 bits per heavy atom. The summed E-state index contributed by atoms with van der Waals surface area (Å²) in [5.74, 6) is 2.74. The first-order chi connectivity index (χ1) is 8.20. The number of nitrogens with one attached hydrogen (secondary N) is 1. The van der Waals surface area contributed by atoms with Crippen molar-refractivity contribution in [1.82, 2.24) is 10.2 Å². The van der Waals surface area contributed by atoms with Gasteiger partial charge in [0, 0.05) is 41.9 Å². The van der Waals surface area contributed by atoms with Crippen LogP contribution in [0.2, 0.25) is 0 Å². The van der Waals surface area contributed by atoms with Crippen molar-refractivity contribution in [3.8, 4) is 12.3 Å². The second kappa shape index (κ2) is 5.85. The molecule has 0 bridgehead atoms. The summed E-state index contributed by atoms with van der Waals surface area (Å²) in [7, 11) is 0. The molecule has 2 rings (SSSR count). The van der Waals surface area contributed by atoms with Gasteiger partial charge in [0.1, 0.15) is 0 Å². The van der Waals surface area contributed by atoms with E-state index in [2.05, 4.69) is 57.8 Å². The third-order valence-corrected chi connectivity index (χ3v) is 4.34. The molecule has 1 aromatic rings. The van der Waals surface area contributed by atoms with Gasteiger partial charge in [0.05, 0.1) is 0 Å². The first kappa shape index (κ1) is 12.9. The lowest BCUT2D eigenvalue weighted by molar-refractivity contribution is 0.233. The van der Waals surface area contributed by atoms with Gasteiger partial charge in [-0.15, -0.1) is 6.42 Å². The minimum absolute atomic E-state index is 0.991. The molecular formula is C14H17IN2. The number of hydrogen-bond acceptors (Lipinski definition) is 2. The Kier molecular flexibility index (Phi) is 4.43. The molecule has 3 heteroatoms. The highest BCUT2D eigenvalue weighted by molar-refractivity contribution is 14.1. The van der Waals surface area contributed by atoms with Crippen LogP contribution in [0.15, 0.2) is 12.1 Å². The third-order valence-electron chi connectivity index (χ3n) is 3.22. The fourth-order valence-electron chi connectivity index (χ4n) is 2.09. The van der Waals surface area contributed by atoms with Crippen LogP contribution in [0.1, 0.15) is 16.7 Å². The number of benzene rings is 1. The van der Waals surface area contributed by atoms with Gasteiger partial charge in [-0.1, -0.05) is 5.92 Å². The van der Waals surface area contributed by atoms with Crippen molar-refractivity contribution >= 4 is 22.6 Å². The van der Waals surface area contributed by atoms with Crippen molar-refractivity contribution in [3.05, 3.63) is 32.4 Å². The van der Waals surface area contributed by atoms with Gasteiger partial charge in [-0.05, 0) is 52.8 Å². The quantitative estimate of drug-likeness (QED) is 0.654. The molecule has 0 aromatic heterocycles. The topological polar surface area (TPSA) is 15.3 Å². The van der Waals surface area contributed by atoms with Crippen LogP contribution in [0.4, 0.5) is 0 Å². The average molecular weight is 340 g/mol. The SMILES string of the molecule is C#Cc1cc(I)c(C)c(CN2CCNCC2)c1. The molecule has 1 aliphatic heterocycles. The molecule has 0 atom stereocenters. The molecule has 17 heavy (non-hydrogen) atoms. The maximum atomic E-state index is 5.49. The van der Waals surface area contributed by atoms with E-state index >= 15 is 0 Å². The molecule has 1 fully saturated rings. The molecule has 1 N–H and O–H groups in total. The predicted molar refractivity (Wildman–Crippen MR) is 80.0 cm³/mol. The lowest BCUT2D eigenvalue weighted by Gasteiger charge is -2.28. The van der Waals surface area contributed by atoms with Crippen LogP contribution in [0.5, 0.6) is 0 Å². The second-order valence-electron chi connectivity index (χ2n) is 4.41. The smallest absolute Gasteiger partial charge is 0.0256 e. The number of halogens is 1. The first-order valence-electron chi connectivity index (χ1n) is 5.89. The van der Waals surface area contributed by atoms with Crippen molar-refractivity contribution in [1.29, 1.82) is 0 Å². The summed E-state index contributed by atoms with van der Waals surface area (Å²) < 4.78 is 1.27. The lowest BCUT2D eigenvalue weighted by Crippen LogP contribution is -2.43. The number of rotatable bonds is 2. The van der Waals surface area contributed by atoms with E-state index in [1.165, 1.54) is 14.7 Å². The Labute approximate surface area is 117 Å². The highest BCUT2D eigenvalue weighted by Crippen LogP contribution is 2.20. The minimum Gasteiger partial charge on any atom is -0.314 e. The predicted octanol–water partition coefficient (Wildman–Crippen LogP) is 1.99. The van der Waals surface area contributed by atoms with Crippen LogP contribution in [0.25, 0.3) is 0 Å². The molecule has 2 nitrogen and oxygen atoms in total. The standard InChI is InChI=1S/C14H17IN2/c1-3-12-8-13(11(2)14(15)9-12)10-17-6-4-16-5-7-17/h1,8-9,16H,4-7,10H2,2H3. The van der Waals surface area contributed by atoms with Crippen molar-refractivity contribution in [2.45, 2.75) is 13.5 Å². The molecule has 1 heterocycles. The normalized spacial score (nSPS) is 16.8. The Bertz CT molecular complexity index is 442. The van der Waals surface area contributed by atoms with Crippen LogP contribution in [0, 0.1) is 22.8 Å². The van der Waals surface area contributed by atoms with E-state index in [0.717, 1.165) is 38.3 Å². The van der Waals surface area contributed by atoms with Gasteiger partial charge in [-0.25, -0.2) is 0 Å². The van der Waals surface area contributed by atoms with E-state index in [-0.39, 0.29) is 0 Å². The summed E-state index contributed by atoms with van der Waals surface area (Å²) in [4.78, 5) is 2.48. The number of piperazine rings is 1. The Morgan fingerprint density at radius 3 is 2.76 bits per heavy atom. The van der Waals surface area contributed by atoms with Gasteiger partial charge >= 0.3 is 0 Å². The minimum atomic E-state index is 0.991. The van der Waals surface area contributed by atoms with Gasteiger partial charge < -0.3 is 5.32 Å². The Hall–Kier alpha value is -0.570. The monoisotopic (exact) mass is 340 g/mol. The van der Waals surface area contributed by atoms with Gasteiger partial charge in [-0.2, -0.15) is 0 Å². The van der Waals surface area contributed by atoms with Gasteiger partial charge in [-0.3, -0.25) is 4.90 Å². The summed E-state index contributed by atoms with van der Waals surface area (Å²) in [5, 5.41) is 3.37. The molecule has 1 aromatic carbocycles. The summed E-state index contributed by atoms with van der Waals surface area (Å²) >= 11 is 2.37. The largest absolute Gasteiger partial charge is 0.314 e. The van der Waals surface area contributed by atoms with Crippen molar-refractivity contribution in [3.63, 3.8) is 0 Å². The Morgan fingerprint density at radius 1 is 1.41 bits per heavy atom. The van der Waals surface area contributed by atoms with Crippen molar-refractivity contribution in [2.75, 3.05) is 26.2 Å². The number of terminal acetylenes is 1. The second-order valence-corrected chi connectivity index (χ2v) is 5.57. The summed E-state index contributed by atoms with van der Waals surface area (Å²) in [6.07, 6.45) is 5.49. The molecule has 0 saturated carbocycles.